The Labute approximate surface area is 402 Å². The molecule has 0 radical (unpaired) electrons. The monoisotopic (exact) mass is 896 g/mol. The van der Waals surface area contributed by atoms with E-state index >= 15 is 0 Å². The molecule has 0 saturated heterocycles. The summed E-state index contributed by atoms with van der Waals surface area (Å²) < 4.78 is 7.46. The largest absolute Gasteiger partial charge is 0.309 e. The molecule has 4 aromatic heterocycles. The molecule has 0 bridgehead atoms. The second-order valence-corrected chi connectivity index (χ2v) is 18.8. The average molecular weight is 897 g/mol. The highest BCUT2D eigenvalue weighted by Crippen LogP contribution is 2.40. The van der Waals surface area contributed by atoms with E-state index in [-0.39, 0.29) is 0 Å². The van der Waals surface area contributed by atoms with Gasteiger partial charge in [0.15, 0.2) is 5.82 Å². The number of rotatable bonds is 7. The van der Waals surface area contributed by atoms with E-state index in [0.717, 1.165) is 45.0 Å². The Hall–Kier alpha value is -8.90. The van der Waals surface area contributed by atoms with Crippen LogP contribution in [0.25, 0.3) is 131 Å². The maximum atomic E-state index is 5.11. The highest BCUT2D eigenvalue weighted by atomic mass is 32.1. The standard InChI is InChI=1S/C64H40N4S/c1-3-13-42(14-4-1)56-40-57(66-64(65-56)44-15-5-2-6-16-44)43-25-32-49(33-26-43)68-58-20-10-7-17-50(58)52-34-27-47(39-61(52)68)46-28-35-60-54(37-46)51-18-8-11-21-59(51)67(60)48-30-23-41(24-31-48)45-29-36-63-55(38-45)53-19-9-12-22-62(53)69-63/h1-40H. The Morgan fingerprint density at radius 2 is 0.710 bits per heavy atom. The first-order valence-corrected chi connectivity index (χ1v) is 24.2. The fraction of sp³-hybridized carbons (Fsp3) is 0. The number of hydrogen-bond acceptors (Lipinski definition) is 3. The lowest BCUT2D eigenvalue weighted by Gasteiger charge is -2.12. The zero-order chi connectivity index (χ0) is 45.4. The third kappa shape index (κ3) is 6.58. The van der Waals surface area contributed by atoms with Gasteiger partial charge >= 0.3 is 0 Å². The third-order valence-electron chi connectivity index (χ3n) is 13.8. The van der Waals surface area contributed by atoms with Crippen molar-refractivity contribution in [2.24, 2.45) is 0 Å². The van der Waals surface area contributed by atoms with E-state index in [9.17, 15) is 0 Å². The molecule has 0 unspecified atom stereocenters. The Balaban J connectivity index is 0.839. The molecule has 5 heteroatoms. The molecule has 4 heterocycles. The molecule has 0 aliphatic rings. The minimum Gasteiger partial charge on any atom is -0.309 e. The second-order valence-electron chi connectivity index (χ2n) is 17.8. The van der Waals surface area contributed by atoms with Crippen LogP contribution in [0.15, 0.2) is 243 Å². The lowest BCUT2D eigenvalue weighted by Crippen LogP contribution is -1.97. The van der Waals surface area contributed by atoms with Gasteiger partial charge in [0.2, 0.25) is 0 Å². The van der Waals surface area contributed by atoms with Gasteiger partial charge in [-0.15, -0.1) is 11.3 Å². The number of para-hydroxylation sites is 2. The van der Waals surface area contributed by atoms with Gasteiger partial charge in [0, 0.05) is 69.8 Å². The van der Waals surface area contributed by atoms with Gasteiger partial charge in [0.05, 0.1) is 33.5 Å². The SMILES string of the molecule is c1ccc(-c2cc(-c3ccc(-n4c5ccccc5c5ccc(-c6ccc7c(c6)c6ccccc6n7-c6ccc(-c7ccc8sc9ccccc9c8c7)cc6)cc54)cc3)nc(-c3ccccc3)n2)cc1. The molecule has 0 amide bonds. The Morgan fingerprint density at radius 3 is 1.42 bits per heavy atom. The van der Waals surface area contributed by atoms with E-state index in [4.69, 9.17) is 9.97 Å². The lowest BCUT2D eigenvalue weighted by atomic mass is 10.0. The molecule has 14 aromatic rings. The van der Waals surface area contributed by atoms with Crippen molar-refractivity contribution < 1.29 is 0 Å². The lowest BCUT2D eigenvalue weighted by molar-refractivity contribution is 1.17. The van der Waals surface area contributed by atoms with E-state index < -0.39 is 0 Å². The Bertz CT molecular complexity index is 4220. The molecular weight excluding hydrogens is 857 g/mol. The Morgan fingerprint density at radius 1 is 0.261 bits per heavy atom. The molecule has 0 atom stereocenters. The summed E-state index contributed by atoms with van der Waals surface area (Å²) in [4.78, 5) is 10.1. The number of nitrogens with zero attached hydrogens (tertiary/aromatic N) is 4. The van der Waals surface area contributed by atoms with Crippen LogP contribution in [0.4, 0.5) is 0 Å². The maximum Gasteiger partial charge on any atom is 0.160 e. The highest BCUT2D eigenvalue weighted by Gasteiger charge is 2.18. The Kier molecular flexibility index (Phi) is 9.04. The minimum absolute atomic E-state index is 0.708. The van der Waals surface area contributed by atoms with E-state index in [1.54, 1.807) is 0 Å². The molecule has 0 N–H and O–H groups in total. The first-order valence-electron chi connectivity index (χ1n) is 23.4. The molecule has 10 aromatic carbocycles. The second kappa shape index (κ2) is 15.9. The molecule has 14 rings (SSSR count). The number of benzene rings is 10. The van der Waals surface area contributed by atoms with E-state index in [0.29, 0.717) is 5.82 Å². The van der Waals surface area contributed by atoms with Gasteiger partial charge in [-0.2, -0.15) is 0 Å². The molecule has 69 heavy (non-hydrogen) atoms. The predicted octanol–water partition coefficient (Wildman–Crippen LogP) is 17.4. The summed E-state index contributed by atoms with van der Waals surface area (Å²) in [7, 11) is 0. The van der Waals surface area contributed by atoms with Gasteiger partial charge < -0.3 is 9.13 Å². The van der Waals surface area contributed by atoms with E-state index in [2.05, 4.69) is 228 Å². The van der Waals surface area contributed by atoms with Crippen molar-refractivity contribution in [1.29, 1.82) is 0 Å². The van der Waals surface area contributed by atoms with Crippen LogP contribution in [0.2, 0.25) is 0 Å². The highest BCUT2D eigenvalue weighted by molar-refractivity contribution is 7.25. The first-order chi connectivity index (χ1) is 34.2. The van der Waals surface area contributed by atoms with Crippen molar-refractivity contribution in [1.82, 2.24) is 19.1 Å². The summed E-state index contributed by atoms with van der Waals surface area (Å²) in [6.45, 7) is 0. The van der Waals surface area contributed by atoms with Gasteiger partial charge in [0.1, 0.15) is 0 Å². The minimum atomic E-state index is 0.708. The van der Waals surface area contributed by atoms with Crippen molar-refractivity contribution in [3.05, 3.63) is 243 Å². The first kappa shape index (κ1) is 39.3. The van der Waals surface area contributed by atoms with Crippen molar-refractivity contribution >= 4 is 75.1 Å². The van der Waals surface area contributed by atoms with Crippen LogP contribution in [0, 0.1) is 0 Å². The van der Waals surface area contributed by atoms with Crippen molar-refractivity contribution in [2.75, 3.05) is 0 Å². The topological polar surface area (TPSA) is 35.6 Å². The van der Waals surface area contributed by atoms with Crippen LogP contribution < -0.4 is 0 Å². The van der Waals surface area contributed by atoms with Crippen molar-refractivity contribution in [2.45, 2.75) is 0 Å². The third-order valence-corrected chi connectivity index (χ3v) is 14.9. The van der Waals surface area contributed by atoms with E-state index in [1.807, 2.05) is 35.6 Å². The van der Waals surface area contributed by atoms with Gasteiger partial charge in [-0.05, 0) is 101 Å². The summed E-state index contributed by atoms with van der Waals surface area (Å²) in [6, 6.07) is 87.5. The summed E-state index contributed by atoms with van der Waals surface area (Å²) >= 11 is 1.86. The molecule has 0 spiro atoms. The van der Waals surface area contributed by atoms with E-state index in [1.165, 1.54) is 80.5 Å². The van der Waals surface area contributed by atoms with Crippen LogP contribution in [-0.4, -0.2) is 19.1 Å². The van der Waals surface area contributed by atoms with Crippen LogP contribution in [-0.2, 0) is 0 Å². The smallest absolute Gasteiger partial charge is 0.160 e. The predicted molar refractivity (Wildman–Crippen MR) is 291 cm³/mol. The molecular formula is C64H40N4S. The number of hydrogen-bond donors (Lipinski definition) is 0. The normalized spacial score (nSPS) is 11.8. The quantitative estimate of drug-likeness (QED) is 0.160. The van der Waals surface area contributed by atoms with Gasteiger partial charge in [-0.25, -0.2) is 9.97 Å². The van der Waals surface area contributed by atoms with Crippen molar-refractivity contribution in [3.63, 3.8) is 0 Å². The zero-order valence-electron chi connectivity index (χ0n) is 37.3. The number of aromatic nitrogens is 4. The van der Waals surface area contributed by atoms with Crippen LogP contribution in [0.3, 0.4) is 0 Å². The molecule has 4 nitrogen and oxygen atoms in total. The van der Waals surface area contributed by atoms with Gasteiger partial charge in [-0.3, -0.25) is 0 Å². The molecule has 0 saturated carbocycles. The summed E-state index contributed by atoms with van der Waals surface area (Å²) in [5, 5.41) is 7.56. The number of fused-ring (bicyclic) bond motifs is 9. The average Bonchev–Trinajstić information content (AvgIpc) is 4.08. The van der Waals surface area contributed by atoms with Crippen LogP contribution in [0.5, 0.6) is 0 Å². The summed E-state index contributed by atoms with van der Waals surface area (Å²) in [5.74, 6) is 0.708. The van der Waals surface area contributed by atoms with Gasteiger partial charge in [-0.1, -0.05) is 164 Å². The molecule has 0 aliphatic heterocycles. The molecule has 322 valence electrons. The van der Waals surface area contributed by atoms with Crippen LogP contribution in [0.1, 0.15) is 0 Å². The zero-order valence-corrected chi connectivity index (χ0v) is 38.1. The fourth-order valence-corrected chi connectivity index (χ4v) is 11.5. The molecule has 0 fully saturated rings. The van der Waals surface area contributed by atoms with Crippen molar-refractivity contribution in [3.8, 4) is 67.5 Å². The summed E-state index contributed by atoms with van der Waals surface area (Å²) in [5.41, 5.74) is 16.6. The number of thiophene rings is 1. The summed E-state index contributed by atoms with van der Waals surface area (Å²) in [6.07, 6.45) is 0. The maximum absolute atomic E-state index is 5.11. The van der Waals surface area contributed by atoms with Gasteiger partial charge in [0.25, 0.3) is 0 Å². The van der Waals surface area contributed by atoms with Crippen LogP contribution >= 0.6 is 11.3 Å². The fourth-order valence-electron chi connectivity index (χ4n) is 10.4. The molecule has 0 aliphatic carbocycles.